The molecule has 2 aliphatic carbocycles. The highest BCUT2D eigenvalue weighted by atomic mass is 16.5. The van der Waals surface area contributed by atoms with Gasteiger partial charge >= 0.3 is 0 Å². The number of hydrogen-bond donors (Lipinski definition) is 1. The second-order valence-corrected chi connectivity index (χ2v) is 3.83. The molecule has 0 saturated heterocycles. The maximum absolute atomic E-state index is 5.75. The molecule has 3 unspecified atom stereocenters. The monoisotopic (exact) mass is 167 g/mol. The topological polar surface area (TPSA) is 35.2 Å². The van der Waals surface area contributed by atoms with Crippen molar-refractivity contribution in [2.24, 2.45) is 17.6 Å². The Balaban J connectivity index is 1.73. The molecule has 12 heavy (non-hydrogen) atoms. The third-order valence-corrected chi connectivity index (χ3v) is 2.90. The molecule has 0 aromatic heterocycles. The van der Waals surface area contributed by atoms with E-state index in [1.54, 1.807) is 0 Å². The summed E-state index contributed by atoms with van der Waals surface area (Å²) in [5.41, 5.74) is 5.40. The van der Waals surface area contributed by atoms with Crippen LogP contribution in [-0.2, 0) is 4.74 Å². The van der Waals surface area contributed by atoms with E-state index in [0.717, 1.165) is 25.5 Å². The van der Waals surface area contributed by atoms with Crippen molar-refractivity contribution < 1.29 is 4.74 Å². The molecule has 0 spiro atoms. The molecular weight excluding hydrogens is 150 g/mol. The minimum atomic E-state index is 0.506. The Hall–Kier alpha value is -0.340. The Kier molecular flexibility index (Phi) is 2.47. The van der Waals surface area contributed by atoms with Gasteiger partial charge in [0.1, 0.15) is 0 Å². The summed E-state index contributed by atoms with van der Waals surface area (Å²) in [6, 6.07) is 0. The van der Waals surface area contributed by atoms with E-state index in [4.69, 9.17) is 10.5 Å². The van der Waals surface area contributed by atoms with Crippen LogP contribution in [0.15, 0.2) is 12.2 Å². The average molecular weight is 167 g/mol. The summed E-state index contributed by atoms with van der Waals surface area (Å²) >= 11 is 0. The van der Waals surface area contributed by atoms with Gasteiger partial charge in [-0.3, -0.25) is 0 Å². The van der Waals surface area contributed by atoms with Gasteiger partial charge in [0.05, 0.1) is 6.10 Å². The van der Waals surface area contributed by atoms with Gasteiger partial charge in [0, 0.05) is 12.5 Å². The summed E-state index contributed by atoms with van der Waals surface area (Å²) in [6.07, 6.45) is 8.73. The quantitative estimate of drug-likeness (QED) is 0.506. The molecule has 0 aromatic carbocycles. The van der Waals surface area contributed by atoms with Gasteiger partial charge in [-0.15, -0.1) is 0 Å². The molecule has 0 aromatic rings. The van der Waals surface area contributed by atoms with Crippen LogP contribution in [0.25, 0.3) is 0 Å². The molecule has 1 saturated carbocycles. The number of allylic oxidation sites excluding steroid dienone is 1. The first-order valence-electron chi connectivity index (χ1n) is 4.90. The number of nitrogens with two attached hydrogens (primary N) is 1. The van der Waals surface area contributed by atoms with Crippen molar-refractivity contribution in [3.8, 4) is 0 Å². The van der Waals surface area contributed by atoms with Crippen molar-refractivity contribution in [1.82, 2.24) is 0 Å². The zero-order valence-electron chi connectivity index (χ0n) is 7.41. The highest BCUT2D eigenvalue weighted by molar-refractivity contribution is 5.10. The summed E-state index contributed by atoms with van der Waals surface area (Å²) in [4.78, 5) is 0. The van der Waals surface area contributed by atoms with Crippen LogP contribution in [0.2, 0.25) is 0 Å². The van der Waals surface area contributed by atoms with Crippen LogP contribution in [0, 0.1) is 11.8 Å². The van der Waals surface area contributed by atoms with E-state index in [1.807, 2.05) is 0 Å². The standard InChI is InChI=1S/C10H17NO/c11-4-1-5-12-10-7-8-2-3-9(10)6-8/h2-3,8-10H,1,4-7,11H2. The number of fused-ring (bicyclic) bond motifs is 2. The zero-order valence-corrected chi connectivity index (χ0v) is 7.41. The molecule has 3 atom stereocenters. The average Bonchev–Trinajstić information content (AvgIpc) is 2.65. The van der Waals surface area contributed by atoms with Crippen LogP contribution >= 0.6 is 0 Å². The molecule has 1 fully saturated rings. The molecule has 2 bridgehead atoms. The lowest BCUT2D eigenvalue weighted by Gasteiger charge is -2.18. The van der Waals surface area contributed by atoms with Gasteiger partial charge in [-0.2, -0.15) is 0 Å². The lowest BCUT2D eigenvalue weighted by Crippen LogP contribution is -2.19. The largest absolute Gasteiger partial charge is 0.378 e. The first-order chi connectivity index (χ1) is 5.90. The number of rotatable bonds is 4. The molecule has 0 aliphatic heterocycles. The Morgan fingerprint density at radius 2 is 2.25 bits per heavy atom. The summed E-state index contributed by atoms with van der Waals surface area (Å²) < 4.78 is 5.75. The number of hydrogen-bond acceptors (Lipinski definition) is 2. The van der Waals surface area contributed by atoms with Crippen molar-refractivity contribution in [2.75, 3.05) is 13.2 Å². The lowest BCUT2D eigenvalue weighted by molar-refractivity contribution is 0.0362. The third-order valence-electron chi connectivity index (χ3n) is 2.90. The maximum Gasteiger partial charge on any atom is 0.0643 e. The van der Waals surface area contributed by atoms with Gasteiger partial charge in [-0.25, -0.2) is 0 Å². The Morgan fingerprint density at radius 1 is 1.33 bits per heavy atom. The predicted octanol–water partition coefficient (Wildman–Crippen LogP) is 1.32. The summed E-state index contributed by atoms with van der Waals surface area (Å²) in [5.74, 6) is 1.53. The summed E-state index contributed by atoms with van der Waals surface area (Å²) in [7, 11) is 0. The highest BCUT2D eigenvalue weighted by Crippen LogP contribution is 2.40. The molecule has 0 amide bonds. The van der Waals surface area contributed by atoms with Crippen molar-refractivity contribution in [3.05, 3.63) is 12.2 Å². The molecule has 2 aliphatic rings. The van der Waals surface area contributed by atoms with Crippen LogP contribution in [0.1, 0.15) is 19.3 Å². The van der Waals surface area contributed by atoms with E-state index in [9.17, 15) is 0 Å². The number of ether oxygens (including phenoxy) is 1. The van der Waals surface area contributed by atoms with E-state index in [2.05, 4.69) is 12.2 Å². The van der Waals surface area contributed by atoms with Crippen molar-refractivity contribution in [3.63, 3.8) is 0 Å². The minimum Gasteiger partial charge on any atom is -0.378 e. The van der Waals surface area contributed by atoms with Gasteiger partial charge in [-0.1, -0.05) is 12.2 Å². The Labute approximate surface area is 73.8 Å². The van der Waals surface area contributed by atoms with Crippen LogP contribution in [0.3, 0.4) is 0 Å². The van der Waals surface area contributed by atoms with E-state index in [0.29, 0.717) is 12.0 Å². The van der Waals surface area contributed by atoms with Gasteiger partial charge in [0.2, 0.25) is 0 Å². The van der Waals surface area contributed by atoms with Gasteiger partial charge < -0.3 is 10.5 Å². The summed E-state index contributed by atoms with van der Waals surface area (Å²) in [5, 5.41) is 0. The molecular formula is C10H17NO. The normalized spacial score (nSPS) is 37.9. The first-order valence-corrected chi connectivity index (χ1v) is 4.90. The van der Waals surface area contributed by atoms with Crippen LogP contribution in [-0.4, -0.2) is 19.3 Å². The van der Waals surface area contributed by atoms with Crippen molar-refractivity contribution in [2.45, 2.75) is 25.4 Å². The molecule has 2 nitrogen and oxygen atoms in total. The molecule has 2 heteroatoms. The van der Waals surface area contributed by atoms with Crippen LogP contribution in [0.4, 0.5) is 0 Å². The van der Waals surface area contributed by atoms with Gasteiger partial charge in [0.25, 0.3) is 0 Å². The SMILES string of the molecule is NCCCOC1CC2C=CC1C2. The van der Waals surface area contributed by atoms with E-state index in [1.165, 1.54) is 12.8 Å². The molecule has 0 heterocycles. The third kappa shape index (κ3) is 1.54. The van der Waals surface area contributed by atoms with Gasteiger partial charge in [0.15, 0.2) is 0 Å². The van der Waals surface area contributed by atoms with E-state index < -0.39 is 0 Å². The molecule has 2 rings (SSSR count). The second kappa shape index (κ2) is 3.58. The van der Waals surface area contributed by atoms with E-state index >= 15 is 0 Å². The fourth-order valence-corrected chi connectivity index (χ4v) is 2.24. The summed E-state index contributed by atoms with van der Waals surface area (Å²) in [6.45, 7) is 1.59. The molecule has 2 N–H and O–H groups in total. The lowest BCUT2D eigenvalue weighted by atomic mass is 10.0. The highest BCUT2D eigenvalue weighted by Gasteiger charge is 2.35. The van der Waals surface area contributed by atoms with Crippen LogP contribution < -0.4 is 5.73 Å². The minimum absolute atomic E-state index is 0.506. The van der Waals surface area contributed by atoms with Crippen LogP contribution in [0.5, 0.6) is 0 Å². The maximum atomic E-state index is 5.75. The van der Waals surface area contributed by atoms with Crippen molar-refractivity contribution >= 4 is 0 Å². The van der Waals surface area contributed by atoms with Crippen molar-refractivity contribution in [1.29, 1.82) is 0 Å². The first kappa shape index (κ1) is 8.27. The Bertz CT molecular complexity index is 179. The molecule has 68 valence electrons. The zero-order chi connectivity index (χ0) is 8.39. The fourth-order valence-electron chi connectivity index (χ4n) is 2.24. The second-order valence-electron chi connectivity index (χ2n) is 3.83. The Morgan fingerprint density at radius 3 is 2.83 bits per heavy atom. The van der Waals surface area contributed by atoms with Gasteiger partial charge in [-0.05, 0) is 31.7 Å². The smallest absolute Gasteiger partial charge is 0.0643 e. The predicted molar refractivity (Wildman–Crippen MR) is 48.8 cm³/mol. The molecule has 0 radical (unpaired) electrons. The fraction of sp³-hybridized carbons (Fsp3) is 0.800. The van der Waals surface area contributed by atoms with E-state index in [-0.39, 0.29) is 0 Å².